The summed E-state index contributed by atoms with van der Waals surface area (Å²) in [6.45, 7) is 4.65. The lowest BCUT2D eigenvalue weighted by Crippen LogP contribution is -2.30. The van der Waals surface area contributed by atoms with Gasteiger partial charge in [-0.3, -0.25) is 4.90 Å². The van der Waals surface area contributed by atoms with Crippen LogP contribution in [0.3, 0.4) is 0 Å². The highest BCUT2D eigenvalue weighted by atomic mass is 16.5. The molecule has 3 nitrogen and oxygen atoms in total. The van der Waals surface area contributed by atoms with Crippen LogP contribution in [0.5, 0.6) is 5.75 Å². The zero-order valence-corrected chi connectivity index (χ0v) is 10.9. The van der Waals surface area contributed by atoms with Gasteiger partial charge in [0.05, 0.1) is 0 Å². The van der Waals surface area contributed by atoms with Gasteiger partial charge in [0.15, 0.2) is 0 Å². The Kier molecular flexibility index (Phi) is 3.27. The number of aryl methyl sites for hydroxylation is 2. The highest BCUT2D eigenvalue weighted by Gasteiger charge is 2.32. The summed E-state index contributed by atoms with van der Waals surface area (Å²) in [7, 11) is 0. The number of rotatable bonds is 3. The second kappa shape index (κ2) is 4.90. The van der Waals surface area contributed by atoms with Crippen LogP contribution in [0.15, 0.2) is 18.2 Å². The first kappa shape index (κ1) is 12.0. The van der Waals surface area contributed by atoms with Crippen LogP contribution in [-0.2, 0) is 12.8 Å². The molecule has 1 aliphatic heterocycles. The highest BCUT2D eigenvalue weighted by molar-refractivity contribution is 5.38. The van der Waals surface area contributed by atoms with Crippen molar-refractivity contribution in [3.8, 4) is 5.75 Å². The van der Waals surface area contributed by atoms with Gasteiger partial charge in [-0.2, -0.15) is 0 Å². The number of hydrogen-bond acceptors (Lipinski definition) is 3. The van der Waals surface area contributed by atoms with E-state index in [-0.39, 0.29) is 12.2 Å². The smallest absolute Gasteiger partial charge is 0.138 e. The summed E-state index contributed by atoms with van der Waals surface area (Å²) in [6.07, 6.45) is 3.18. The second-order valence-electron chi connectivity index (χ2n) is 5.36. The minimum absolute atomic E-state index is 0.0793. The summed E-state index contributed by atoms with van der Waals surface area (Å²) < 4.78 is 5.95. The van der Waals surface area contributed by atoms with Gasteiger partial charge in [0, 0.05) is 13.1 Å². The normalized spacial score (nSPS) is 27.4. The number of likely N-dealkylation sites (N-methyl/N-ethyl adjacent to an activating group) is 1. The molecule has 1 heterocycles. The summed E-state index contributed by atoms with van der Waals surface area (Å²) in [4.78, 5) is 2.22. The van der Waals surface area contributed by atoms with Crippen LogP contribution >= 0.6 is 0 Å². The van der Waals surface area contributed by atoms with E-state index < -0.39 is 0 Å². The van der Waals surface area contributed by atoms with E-state index >= 15 is 0 Å². The summed E-state index contributed by atoms with van der Waals surface area (Å²) in [5, 5.41) is 9.98. The van der Waals surface area contributed by atoms with Crippen molar-refractivity contribution in [1.29, 1.82) is 0 Å². The number of β-amino-alcohol motifs (C(OH)–C–C–N with tert-alkyl or cyclic N) is 1. The van der Waals surface area contributed by atoms with Crippen molar-refractivity contribution in [2.45, 2.75) is 38.4 Å². The number of nitrogens with zero attached hydrogens (tertiary/aromatic N) is 1. The predicted molar refractivity (Wildman–Crippen MR) is 71.0 cm³/mol. The van der Waals surface area contributed by atoms with Crippen molar-refractivity contribution in [3.05, 3.63) is 29.3 Å². The highest BCUT2D eigenvalue weighted by Crippen LogP contribution is 2.27. The lowest BCUT2D eigenvalue weighted by molar-refractivity contribution is 0.0736. The van der Waals surface area contributed by atoms with Crippen LogP contribution in [0, 0.1) is 0 Å². The molecule has 1 aromatic carbocycles. The zero-order valence-electron chi connectivity index (χ0n) is 10.9. The predicted octanol–water partition coefficient (Wildman–Crippen LogP) is 1.62. The maximum Gasteiger partial charge on any atom is 0.138 e. The molecule has 18 heavy (non-hydrogen) atoms. The molecule has 3 heteroatoms. The fourth-order valence-corrected chi connectivity index (χ4v) is 3.00. The summed E-state index contributed by atoms with van der Waals surface area (Å²) in [5.74, 6) is 0.914. The number of ether oxygens (including phenoxy) is 1. The van der Waals surface area contributed by atoms with Crippen molar-refractivity contribution in [1.82, 2.24) is 4.90 Å². The van der Waals surface area contributed by atoms with E-state index in [0.29, 0.717) is 0 Å². The van der Waals surface area contributed by atoms with E-state index in [1.807, 2.05) is 6.07 Å². The Hall–Kier alpha value is -1.06. The van der Waals surface area contributed by atoms with Gasteiger partial charge in [0.2, 0.25) is 0 Å². The number of hydrogen-bond donors (Lipinski definition) is 1. The van der Waals surface area contributed by atoms with Gasteiger partial charge in [-0.1, -0.05) is 13.0 Å². The number of benzene rings is 1. The van der Waals surface area contributed by atoms with E-state index in [0.717, 1.165) is 25.4 Å². The molecule has 1 saturated heterocycles. The molecule has 0 amide bonds. The number of likely N-dealkylation sites (tertiary alicyclic amines) is 1. The van der Waals surface area contributed by atoms with Crippen LogP contribution in [0.1, 0.15) is 24.5 Å². The molecule has 0 aromatic heterocycles. The minimum Gasteiger partial charge on any atom is -0.486 e. The van der Waals surface area contributed by atoms with Gasteiger partial charge < -0.3 is 9.84 Å². The fourth-order valence-electron chi connectivity index (χ4n) is 3.00. The van der Waals surface area contributed by atoms with Crippen LogP contribution in [0.4, 0.5) is 0 Å². The molecular formula is C15H21NO2. The molecule has 2 aliphatic rings. The fraction of sp³-hybridized carbons (Fsp3) is 0.600. The zero-order chi connectivity index (χ0) is 12.5. The Morgan fingerprint density at radius 1 is 1.28 bits per heavy atom. The van der Waals surface area contributed by atoms with E-state index in [1.165, 1.54) is 30.4 Å². The lowest BCUT2D eigenvalue weighted by Gasteiger charge is -2.17. The Bertz CT molecular complexity index is 433. The Balaban J connectivity index is 1.69. The van der Waals surface area contributed by atoms with E-state index in [2.05, 4.69) is 24.0 Å². The molecular weight excluding hydrogens is 226 g/mol. The van der Waals surface area contributed by atoms with Gasteiger partial charge >= 0.3 is 0 Å². The van der Waals surface area contributed by atoms with Crippen molar-refractivity contribution in [2.24, 2.45) is 0 Å². The second-order valence-corrected chi connectivity index (χ2v) is 5.36. The van der Waals surface area contributed by atoms with E-state index in [4.69, 9.17) is 4.74 Å². The molecule has 1 N–H and O–H groups in total. The molecule has 98 valence electrons. The summed E-state index contributed by atoms with van der Waals surface area (Å²) in [5.41, 5.74) is 2.89. The molecule has 0 unspecified atom stereocenters. The maximum absolute atomic E-state index is 9.98. The molecule has 0 spiro atoms. The Morgan fingerprint density at radius 2 is 2.11 bits per heavy atom. The molecule has 3 rings (SSSR count). The van der Waals surface area contributed by atoms with Gasteiger partial charge in [-0.15, -0.1) is 0 Å². The molecule has 1 fully saturated rings. The van der Waals surface area contributed by atoms with Crippen LogP contribution in [-0.4, -0.2) is 41.8 Å². The van der Waals surface area contributed by atoms with E-state index in [9.17, 15) is 5.11 Å². The monoisotopic (exact) mass is 247 g/mol. The average molecular weight is 247 g/mol. The summed E-state index contributed by atoms with van der Waals surface area (Å²) in [6, 6.07) is 6.38. The SMILES string of the molecule is CCN1C[C@H](Oc2ccc3c(c2)CCC3)[C@@H](O)C1. The van der Waals surface area contributed by atoms with Crippen LogP contribution in [0.2, 0.25) is 0 Å². The van der Waals surface area contributed by atoms with Gasteiger partial charge in [0.25, 0.3) is 0 Å². The third-order valence-electron chi connectivity index (χ3n) is 4.12. The van der Waals surface area contributed by atoms with Crippen molar-refractivity contribution in [3.63, 3.8) is 0 Å². The number of fused-ring (bicyclic) bond motifs is 1. The average Bonchev–Trinajstić information content (AvgIpc) is 2.96. The van der Waals surface area contributed by atoms with Gasteiger partial charge in [0.1, 0.15) is 18.0 Å². The number of aliphatic hydroxyl groups excluding tert-OH is 1. The topological polar surface area (TPSA) is 32.7 Å². The van der Waals surface area contributed by atoms with Crippen LogP contribution in [0.25, 0.3) is 0 Å². The molecule has 0 bridgehead atoms. The van der Waals surface area contributed by atoms with Crippen LogP contribution < -0.4 is 4.74 Å². The third-order valence-corrected chi connectivity index (χ3v) is 4.12. The molecule has 0 radical (unpaired) electrons. The maximum atomic E-state index is 9.98. The van der Waals surface area contributed by atoms with Crippen molar-refractivity contribution < 1.29 is 9.84 Å². The van der Waals surface area contributed by atoms with Gasteiger partial charge in [-0.05, 0) is 49.1 Å². The number of aliphatic hydroxyl groups is 1. The molecule has 1 aromatic rings. The Labute approximate surface area is 108 Å². The standard InChI is InChI=1S/C15H21NO2/c1-2-16-9-14(17)15(10-16)18-13-7-6-11-4-3-5-12(11)8-13/h6-8,14-15,17H,2-5,9-10H2,1H3/t14-,15-/m0/s1. The minimum atomic E-state index is -0.363. The first-order valence-corrected chi connectivity index (χ1v) is 6.95. The molecule has 0 saturated carbocycles. The van der Waals surface area contributed by atoms with Crippen molar-refractivity contribution >= 4 is 0 Å². The largest absolute Gasteiger partial charge is 0.486 e. The third kappa shape index (κ3) is 2.25. The first-order chi connectivity index (χ1) is 8.76. The molecule has 2 atom stereocenters. The van der Waals surface area contributed by atoms with Gasteiger partial charge in [-0.25, -0.2) is 0 Å². The quantitative estimate of drug-likeness (QED) is 0.881. The van der Waals surface area contributed by atoms with Crippen molar-refractivity contribution in [2.75, 3.05) is 19.6 Å². The molecule has 1 aliphatic carbocycles. The van der Waals surface area contributed by atoms with E-state index in [1.54, 1.807) is 0 Å². The summed E-state index contributed by atoms with van der Waals surface area (Å²) >= 11 is 0. The lowest BCUT2D eigenvalue weighted by atomic mass is 10.1. The first-order valence-electron chi connectivity index (χ1n) is 6.95. The Morgan fingerprint density at radius 3 is 2.89 bits per heavy atom.